The number of carbonyl (C=O) groups is 2. The molecule has 0 radical (unpaired) electrons. The molecule has 31 heavy (non-hydrogen) atoms. The number of piperidine rings is 1. The van der Waals surface area contributed by atoms with Crippen molar-refractivity contribution < 1.29 is 19.1 Å². The molecule has 0 bridgehead atoms. The molecule has 2 saturated heterocycles. The first-order valence-electron chi connectivity index (χ1n) is 11.1. The van der Waals surface area contributed by atoms with Crippen molar-refractivity contribution in [1.82, 2.24) is 15.1 Å². The maximum Gasteiger partial charge on any atom is 0.254 e. The topological polar surface area (TPSA) is 95.0 Å². The number of ether oxygens (including phenoxy) is 2. The number of likely N-dealkylation sites (tertiary alicyclic amines) is 1. The molecule has 0 saturated carbocycles. The normalized spacial score (nSPS) is 23.6. The van der Waals surface area contributed by atoms with Gasteiger partial charge in [0.1, 0.15) is 5.54 Å². The van der Waals surface area contributed by atoms with Gasteiger partial charge in [-0.3, -0.25) is 19.9 Å². The van der Waals surface area contributed by atoms with E-state index in [9.17, 15) is 9.59 Å². The zero-order valence-electron chi connectivity index (χ0n) is 18.6. The minimum Gasteiger partial charge on any atom is -0.454 e. The van der Waals surface area contributed by atoms with Crippen molar-refractivity contribution in [3.63, 3.8) is 0 Å². The Bertz CT molecular complexity index is 878. The van der Waals surface area contributed by atoms with Crippen molar-refractivity contribution in [1.29, 1.82) is 5.41 Å². The smallest absolute Gasteiger partial charge is 0.254 e. The SMILES string of the molecule is CC(C)CC1(C)NC(=N)N(CC2CCN(C(=O)Cc3ccc4c(c3)OCO4)CC2)C1=O. The molecule has 2 fully saturated rings. The molecule has 8 heteroatoms. The van der Waals surface area contributed by atoms with Crippen LogP contribution in [-0.4, -0.2) is 59.5 Å². The first-order chi connectivity index (χ1) is 14.7. The van der Waals surface area contributed by atoms with E-state index in [4.69, 9.17) is 14.9 Å². The van der Waals surface area contributed by atoms with Gasteiger partial charge in [0.25, 0.3) is 5.91 Å². The lowest BCUT2D eigenvalue weighted by atomic mass is 9.90. The Balaban J connectivity index is 1.28. The van der Waals surface area contributed by atoms with E-state index in [2.05, 4.69) is 19.2 Å². The van der Waals surface area contributed by atoms with Crippen LogP contribution in [0.25, 0.3) is 0 Å². The standard InChI is InChI=1S/C23H32N4O4/c1-15(2)12-23(3)21(29)27(22(24)25-23)13-16-6-8-26(9-7-16)20(28)11-17-4-5-18-19(10-17)31-14-30-18/h4-5,10,15-16H,6-9,11-14H2,1-3H3,(H2,24,25). The fraction of sp³-hybridized carbons (Fsp3) is 0.609. The van der Waals surface area contributed by atoms with Crippen LogP contribution in [0.4, 0.5) is 0 Å². The van der Waals surface area contributed by atoms with E-state index in [0.29, 0.717) is 50.1 Å². The Morgan fingerprint density at radius 3 is 2.68 bits per heavy atom. The van der Waals surface area contributed by atoms with Gasteiger partial charge in [0.05, 0.1) is 6.42 Å². The van der Waals surface area contributed by atoms with Crippen LogP contribution in [0.2, 0.25) is 0 Å². The highest BCUT2D eigenvalue weighted by molar-refractivity contribution is 6.07. The summed E-state index contributed by atoms with van der Waals surface area (Å²) in [5.41, 5.74) is 0.231. The molecule has 4 rings (SSSR count). The first-order valence-corrected chi connectivity index (χ1v) is 11.1. The second kappa shape index (κ2) is 8.40. The number of rotatable bonds is 6. The minimum absolute atomic E-state index is 0.00693. The van der Waals surface area contributed by atoms with Gasteiger partial charge in [-0.1, -0.05) is 19.9 Å². The fourth-order valence-corrected chi connectivity index (χ4v) is 4.87. The van der Waals surface area contributed by atoms with E-state index >= 15 is 0 Å². The number of amides is 2. The summed E-state index contributed by atoms with van der Waals surface area (Å²) in [7, 11) is 0. The predicted molar refractivity (Wildman–Crippen MR) is 116 cm³/mol. The molecule has 1 atom stereocenters. The Kier molecular flexibility index (Phi) is 5.81. The summed E-state index contributed by atoms with van der Waals surface area (Å²) in [6.45, 7) is 8.19. The van der Waals surface area contributed by atoms with Gasteiger partial charge in [-0.05, 0) is 55.7 Å². The zero-order valence-corrected chi connectivity index (χ0v) is 18.6. The summed E-state index contributed by atoms with van der Waals surface area (Å²) in [6.07, 6.45) is 2.72. The van der Waals surface area contributed by atoms with Crippen molar-refractivity contribution in [3.05, 3.63) is 23.8 Å². The third kappa shape index (κ3) is 4.48. The summed E-state index contributed by atoms with van der Waals surface area (Å²) in [5, 5.41) is 11.3. The molecule has 3 aliphatic rings. The predicted octanol–water partition coefficient (Wildman–Crippen LogP) is 2.37. The third-order valence-corrected chi connectivity index (χ3v) is 6.40. The van der Waals surface area contributed by atoms with E-state index < -0.39 is 5.54 Å². The average Bonchev–Trinajstić information content (AvgIpc) is 3.26. The molecule has 0 aliphatic carbocycles. The summed E-state index contributed by atoms with van der Waals surface area (Å²) in [6, 6.07) is 5.63. The average molecular weight is 429 g/mol. The van der Waals surface area contributed by atoms with Crippen molar-refractivity contribution in [2.24, 2.45) is 11.8 Å². The van der Waals surface area contributed by atoms with Gasteiger partial charge in [0, 0.05) is 19.6 Å². The number of nitrogens with zero attached hydrogens (tertiary/aromatic N) is 2. The summed E-state index contributed by atoms with van der Waals surface area (Å²) < 4.78 is 10.7. The van der Waals surface area contributed by atoms with E-state index in [1.807, 2.05) is 30.0 Å². The second-order valence-electron chi connectivity index (χ2n) is 9.51. The highest BCUT2D eigenvalue weighted by Gasteiger charge is 2.46. The monoisotopic (exact) mass is 428 g/mol. The van der Waals surface area contributed by atoms with E-state index in [-0.39, 0.29) is 24.6 Å². The number of fused-ring (bicyclic) bond motifs is 1. The van der Waals surface area contributed by atoms with E-state index in [1.54, 1.807) is 4.90 Å². The number of hydrogen-bond donors (Lipinski definition) is 2. The fourth-order valence-electron chi connectivity index (χ4n) is 4.87. The van der Waals surface area contributed by atoms with Gasteiger partial charge < -0.3 is 19.7 Å². The number of hydrogen-bond acceptors (Lipinski definition) is 5. The Morgan fingerprint density at radius 2 is 1.97 bits per heavy atom. The summed E-state index contributed by atoms with van der Waals surface area (Å²) >= 11 is 0. The molecular formula is C23H32N4O4. The summed E-state index contributed by atoms with van der Waals surface area (Å²) in [4.78, 5) is 29.2. The number of benzene rings is 1. The molecule has 3 heterocycles. The van der Waals surface area contributed by atoms with Crippen LogP contribution in [0, 0.1) is 17.2 Å². The quantitative estimate of drug-likeness (QED) is 0.725. The van der Waals surface area contributed by atoms with Gasteiger partial charge in [-0.2, -0.15) is 0 Å². The summed E-state index contributed by atoms with van der Waals surface area (Å²) in [5.74, 6) is 2.38. The second-order valence-corrected chi connectivity index (χ2v) is 9.51. The maximum absolute atomic E-state index is 12.9. The van der Waals surface area contributed by atoms with Crippen LogP contribution in [-0.2, 0) is 16.0 Å². The highest BCUT2D eigenvalue weighted by atomic mass is 16.7. The molecule has 3 aliphatic heterocycles. The van der Waals surface area contributed by atoms with Gasteiger partial charge in [-0.15, -0.1) is 0 Å². The molecule has 1 unspecified atom stereocenters. The van der Waals surface area contributed by atoms with Crippen LogP contribution in [0.5, 0.6) is 11.5 Å². The van der Waals surface area contributed by atoms with Crippen LogP contribution in [0.15, 0.2) is 18.2 Å². The van der Waals surface area contributed by atoms with Crippen molar-refractivity contribution in [2.45, 2.75) is 52.0 Å². The maximum atomic E-state index is 12.9. The molecule has 8 nitrogen and oxygen atoms in total. The van der Waals surface area contributed by atoms with Crippen LogP contribution in [0.1, 0.15) is 45.6 Å². The lowest BCUT2D eigenvalue weighted by Crippen LogP contribution is -2.46. The molecule has 2 N–H and O–H groups in total. The van der Waals surface area contributed by atoms with Gasteiger partial charge >= 0.3 is 0 Å². The van der Waals surface area contributed by atoms with Crippen molar-refractivity contribution in [2.75, 3.05) is 26.4 Å². The zero-order chi connectivity index (χ0) is 22.2. The van der Waals surface area contributed by atoms with E-state index in [1.165, 1.54) is 0 Å². The van der Waals surface area contributed by atoms with E-state index in [0.717, 1.165) is 24.2 Å². The molecule has 1 aromatic rings. The number of carbonyl (C=O) groups excluding carboxylic acids is 2. The molecule has 1 aromatic carbocycles. The van der Waals surface area contributed by atoms with Crippen molar-refractivity contribution in [3.8, 4) is 11.5 Å². The molecular weight excluding hydrogens is 396 g/mol. The molecule has 0 aromatic heterocycles. The lowest BCUT2D eigenvalue weighted by Gasteiger charge is -2.34. The lowest BCUT2D eigenvalue weighted by molar-refractivity contribution is -0.134. The van der Waals surface area contributed by atoms with Crippen LogP contribution in [0.3, 0.4) is 0 Å². The Morgan fingerprint density at radius 1 is 1.26 bits per heavy atom. The van der Waals surface area contributed by atoms with Crippen molar-refractivity contribution >= 4 is 17.8 Å². The molecule has 168 valence electrons. The number of nitrogens with one attached hydrogen (secondary N) is 2. The Hall–Kier alpha value is -2.77. The molecule has 0 spiro atoms. The minimum atomic E-state index is -0.688. The first kappa shape index (κ1) is 21.5. The number of guanidine groups is 1. The van der Waals surface area contributed by atoms with Crippen LogP contribution < -0.4 is 14.8 Å². The van der Waals surface area contributed by atoms with Gasteiger partial charge in [-0.25, -0.2) is 0 Å². The highest BCUT2D eigenvalue weighted by Crippen LogP contribution is 2.33. The Labute approximate surface area is 183 Å². The largest absolute Gasteiger partial charge is 0.454 e. The van der Waals surface area contributed by atoms with Crippen LogP contribution >= 0.6 is 0 Å². The van der Waals surface area contributed by atoms with Gasteiger partial charge in [0.15, 0.2) is 17.5 Å². The van der Waals surface area contributed by atoms with Gasteiger partial charge in [0.2, 0.25) is 12.7 Å². The third-order valence-electron chi connectivity index (χ3n) is 6.40. The molecule has 2 amide bonds.